The van der Waals surface area contributed by atoms with E-state index in [0.29, 0.717) is 49.9 Å². The van der Waals surface area contributed by atoms with Gasteiger partial charge in [0.1, 0.15) is 11.8 Å². The average Bonchev–Trinajstić information content (AvgIpc) is 3.51. The number of hydrogen-bond acceptors (Lipinski definition) is 6. The van der Waals surface area contributed by atoms with Crippen LogP contribution in [0.3, 0.4) is 0 Å². The summed E-state index contributed by atoms with van der Waals surface area (Å²) in [6, 6.07) is 13.2. The number of aromatic nitrogens is 4. The number of nitrogens with zero attached hydrogens (tertiary/aromatic N) is 4. The molecule has 188 valence electrons. The summed E-state index contributed by atoms with van der Waals surface area (Å²) >= 11 is 6.27. The molecule has 0 aliphatic carbocycles. The highest BCUT2D eigenvalue weighted by Gasteiger charge is 2.35. The Bertz CT molecular complexity index is 1320. The Hall–Kier alpha value is -3.56. The summed E-state index contributed by atoms with van der Waals surface area (Å²) in [6.07, 6.45) is 3.37. The van der Waals surface area contributed by atoms with Crippen molar-refractivity contribution in [2.45, 2.75) is 38.5 Å². The molecule has 0 saturated carbocycles. The summed E-state index contributed by atoms with van der Waals surface area (Å²) in [4.78, 5) is 19.6. The molecule has 5 rings (SSSR count). The van der Waals surface area contributed by atoms with Crippen LogP contribution in [0.15, 0.2) is 54.9 Å². The quantitative estimate of drug-likeness (QED) is 0.366. The third kappa shape index (κ3) is 5.03. The van der Waals surface area contributed by atoms with E-state index in [1.807, 2.05) is 49.4 Å². The summed E-state index contributed by atoms with van der Waals surface area (Å²) in [5.74, 6) is 0.685. The van der Waals surface area contributed by atoms with E-state index in [0.717, 1.165) is 22.2 Å². The number of halogens is 1. The van der Waals surface area contributed by atoms with Crippen LogP contribution < -0.4 is 4.74 Å². The topological polar surface area (TPSA) is 106 Å². The summed E-state index contributed by atoms with van der Waals surface area (Å²) in [5, 5.41) is 19.9. The highest BCUT2D eigenvalue weighted by Crippen LogP contribution is 2.39. The van der Waals surface area contributed by atoms with Crippen LogP contribution in [-0.4, -0.2) is 61.9 Å². The van der Waals surface area contributed by atoms with Crippen molar-refractivity contribution in [2.24, 2.45) is 0 Å². The number of aromatic amines is 1. The molecule has 2 aromatic carbocycles. The van der Waals surface area contributed by atoms with Gasteiger partial charge in [-0.3, -0.25) is 4.90 Å². The minimum Gasteiger partial charge on any atom is -0.493 e. The van der Waals surface area contributed by atoms with E-state index >= 15 is 0 Å². The molecule has 4 aromatic rings. The second-order valence-corrected chi connectivity index (χ2v) is 9.13. The molecule has 1 aliphatic rings. The van der Waals surface area contributed by atoms with Gasteiger partial charge in [-0.15, -0.1) is 0 Å². The van der Waals surface area contributed by atoms with Gasteiger partial charge in [0.15, 0.2) is 0 Å². The second-order valence-electron chi connectivity index (χ2n) is 8.70. The molecule has 0 radical (unpaired) electrons. The van der Waals surface area contributed by atoms with Gasteiger partial charge >= 0.3 is 6.09 Å². The van der Waals surface area contributed by atoms with Crippen LogP contribution in [0.1, 0.15) is 36.2 Å². The average molecular weight is 510 g/mol. The van der Waals surface area contributed by atoms with Crippen molar-refractivity contribution in [2.75, 3.05) is 19.8 Å². The van der Waals surface area contributed by atoms with Crippen LogP contribution in [-0.2, 0) is 17.7 Å². The Balaban J connectivity index is 1.34. The second kappa shape index (κ2) is 10.6. The third-order valence-electron chi connectivity index (χ3n) is 6.35. The van der Waals surface area contributed by atoms with Crippen molar-refractivity contribution in [1.29, 1.82) is 0 Å². The molecule has 0 fully saturated rings. The van der Waals surface area contributed by atoms with E-state index in [1.165, 1.54) is 10.4 Å². The van der Waals surface area contributed by atoms with Gasteiger partial charge in [-0.1, -0.05) is 23.7 Å². The number of ether oxygens (including phenoxy) is 2. The molecule has 0 bridgehead atoms. The number of aliphatic hydroxyl groups is 1. The van der Waals surface area contributed by atoms with E-state index in [2.05, 4.69) is 15.2 Å². The zero-order chi connectivity index (χ0) is 25.1. The van der Waals surface area contributed by atoms with Crippen molar-refractivity contribution in [3.63, 3.8) is 0 Å². The van der Waals surface area contributed by atoms with Crippen molar-refractivity contribution in [3.8, 4) is 5.75 Å². The number of amides is 1. The minimum absolute atomic E-state index is 0.312. The summed E-state index contributed by atoms with van der Waals surface area (Å²) < 4.78 is 11.2. The summed E-state index contributed by atoms with van der Waals surface area (Å²) in [5.41, 5.74) is 4.07. The first-order chi connectivity index (χ1) is 17.5. The zero-order valence-electron chi connectivity index (χ0n) is 19.9. The van der Waals surface area contributed by atoms with Crippen LogP contribution in [0.5, 0.6) is 5.75 Å². The number of benzene rings is 2. The normalized spacial score (nSPS) is 16.1. The SMILES string of the molecule is CCOC(=O)N1CCc2c([nH]c3ccc(Cl)cc23)C1c1ccc(OCCC(O)Cn2nccn2)cc1. The molecule has 3 heterocycles. The van der Waals surface area contributed by atoms with Gasteiger partial charge in [-0.05, 0) is 54.8 Å². The van der Waals surface area contributed by atoms with Gasteiger partial charge in [-0.25, -0.2) is 4.79 Å². The lowest BCUT2D eigenvalue weighted by molar-refractivity contribution is 0.0932. The molecular formula is C26H28ClN5O4. The summed E-state index contributed by atoms with van der Waals surface area (Å²) in [7, 11) is 0. The maximum absolute atomic E-state index is 12.9. The van der Waals surface area contributed by atoms with E-state index in [9.17, 15) is 9.90 Å². The van der Waals surface area contributed by atoms with E-state index in [4.69, 9.17) is 21.1 Å². The fourth-order valence-corrected chi connectivity index (χ4v) is 4.86. The monoisotopic (exact) mass is 509 g/mol. The van der Waals surface area contributed by atoms with Crippen LogP contribution in [0.25, 0.3) is 10.9 Å². The molecule has 2 atom stereocenters. The van der Waals surface area contributed by atoms with Crippen LogP contribution in [0.2, 0.25) is 5.02 Å². The molecule has 2 N–H and O–H groups in total. The predicted octanol–water partition coefficient (Wildman–Crippen LogP) is 4.35. The van der Waals surface area contributed by atoms with Gasteiger partial charge in [0.05, 0.1) is 38.3 Å². The van der Waals surface area contributed by atoms with E-state index in [-0.39, 0.29) is 12.1 Å². The molecule has 1 aliphatic heterocycles. The van der Waals surface area contributed by atoms with Crippen LogP contribution >= 0.6 is 11.6 Å². The minimum atomic E-state index is -0.606. The highest BCUT2D eigenvalue weighted by molar-refractivity contribution is 6.31. The van der Waals surface area contributed by atoms with Crippen molar-refractivity contribution in [1.82, 2.24) is 24.9 Å². The lowest BCUT2D eigenvalue weighted by atomic mass is 9.92. The number of carbonyl (C=O) groups is 1. The highest BCUT2D eigenvalue weighted by atomic mass is 35.5. The number of hydrogen-bond donors (Lipinski definition) is 2. The molecule has 0 spiro atoms. The summed E-state index contributed by atoms with van der Waals surface area (Å²) in [6.45, 7) is 3.33. The number of nitrogens with one attached hydrogen (secondary N) is 1. The Kier molecular flexibility index (Phi) is 7.11. The number of rotatable bonds is 8. The van der Waals surface area contributed by atoms with Gasteiger partial charge in [0, 0.05) is 34.6 Å². The molecular weight excluding hydrogens is 482 g/mol. The first kappa shape index (κ1) is 24.1. The lowest BCUT2D eigenvalue weighted by Crippen LogP contribution is -2.40. The molecule has 2 aromatic heterocycles. The Morgan fingerprint density at radius 3 is 2.75 bits per heavy atom. The molecule has 36 heavy (non-hydrogen) atoms. The number of H-pyrrole nitrogens is 1. The molecule has 1 amide bonds. The fourth-order valence-electron chi connectivity index (χ4n) is 4.69. The first-order valence-electron chi connectivity index (χ1n) is 12.0. The maximum Gasteiger partial charge on any atom is 0.410 e. The van der Waals surface area contributed by atoms with Crippen LogP contribution in [0.4, 0.5) is 4.79 Å². The molecule has 0 saturated heterocycles. The smallest absolute Gasteiger partial charge is 0.410 e. The lowest BCUT2D eigenvalue weighted by Gasteiger charge is -2.35. The van der Waals surface area contributed by atoms with Crippen molar-refractivity contribution in [3.05, 3.63) is 76.7 Å². The third-order valence-corrected chi connectivity index (χ3v) is 6.58. The van der Waals surface area contributed by atoms with Crippen molar-refractivity contribution >= 4 is 28.6 Å². The molecule has 9 nitrogen and oxygen atoms in total. The van der Waals surface area contributed by atoms with Gasteiger partial charge < -0.3 is 19.6 Å². The zero-order valence-corrected chi connectivity index (χ0v) is 20.7. The van der Waals surface area contributed by atoms with E-state index < -0.39 is 6.10 Å². The Morgan fingerprint density at radius 2 is 2.00 bits per heavy atom. The largest absolute Gasteiger partial charge is 0.493 e. The van der Waals surface area contributed by atoms with Gasteiger partial charge in [0.2, 0.25) is 0 Å². The van der Waals surface area contributed by atoms with Gasteiger partial charge in [0.25, 0.3) is 0 Å². The Labute approximate surface area is 213 Å². The van der Waals surface area contributed by atoms with Gasteiger partial charge in [-0.2, -0.15) is 15.0 Å². The predicted molar refractivity (Wildman–Crippen MR) is 135 cm³/mol. The van der Waals surface area contributed by atoms with Crippen molar-refractivity contribution < 1.29 is 19.4 Å². The fraction of sp³-hybridized carbons (Fsp3) is 0.346. The first-order valence-corrected chi connectivity index (χ1v) is 12.4. The molecule has 2 unspecified atom stereocenters. The number of fused-ring (bicyclic) bond motifs is 3. The van der Waals surface area contributed by atoms with Crippen LogP contribution in [0, 0.1) is 0 Å². The number of aliphatic hydroxyl groups excluding tert-OH is 1. The van der Waals surface area contributed by atoms with E-state index in [1.54, 1.807) is 17.3 Å². The molecule has 10 heteroatoms. The Morgan fingerprint density at radius 1 is 1.22 bits per heavy atom. The number of carbonyl (C=O) groups excluding carboxylic acids is 1. The standard InChI is InChI=1S/C26H28ClN5O4/c1-2-35-26(34)31-13-9-21-22-15-18(27)5-8-23(22)30-24(21)25(31)17-3-6-20(7-4-17)36-14-10-19(33)16-32-28-11-12-29-32/h3-8,11-12,15,19,25,30,33H,2,9-10,13-14,16H2,1H3. The maximum atomic E-state index is 12.9.